The van der Waals surface area contributed by atoms with Crippen LogP contribution in [0.15, 0.2) is 18.2 Å². The van der Waals surface area contributed by atoms with Crippen molar-refractivity contribution in [3.05, 3.63) is 29.3 Å². The number of esters is 1. The number of carbonyl (C=O) groups excluding carboxylic acids is 3. The number of carbonyl (C=O) groups is 3. The van der Waals surface area contributed by atoms with Gasteiger partial charge in [-0.3, -0.25) is 9.36 Å². The van der Waals surface area contributed by atoms with Gasteiger partial charge in [0, 0.05) is 30.6 Å². The number of benzene rings is 1. The lowest BCUT2D eigenvalue weighted by Gasteiger charge is -2.29. The van der Waals surface area contributed by atoms with Crippen LogP contribution in [-0.2, 0) is 28.8 Å². The number of rotatable bonds is 16. The third-order valence-corrected chi connectivity index (χ3v) is 6.24. The Morgan fingerprint density at radius 2 is 1.78 bits per heavy atom. The van der Waals surface area contributed by atoms with Crippen LogP contribution in [0.25, 0.3) is 0 Å². The molecule has 3 N–H and O–H groups in total. The lowest BCUT2D eigenvalue weighted by Crippen LogP contribution is -2.41. The molecule has 1 aromatic rings. The number of alkyl carbamates (subject to hydrolysis) is 1. The fourth-order valence-corrected chi connectivity index (χ4v) is 4.32. The summed E-state index contributed by atoms with van der Waals surface area (Å²) < 4.78 is 26.5. The molecule has 0 bridgehead atoms. The van der Waals surface area contributed by atoms with E-state index in [1.165, 1.54) is 13.6 Å². The average molecular weight is 543 g/mol. The standard InChI is InChI=1S/C26H43N2O8P/c1-7-16-34-25(31)28-20(3)24(30)36-21-14-12-13-19(2)23(21)26(4,5)18-22(29)27-15-10-8-9-11-17-35-37(6,32)33/h12-14,20H,7-11,15-18H2,1-6H3,(H,27,29)(H,28,31)(H,32,33). The van der Waals surface area contributed by atoms with Crippen LogP contribution in [0.4, 0.5) is 4.79 Å². The maximum Gasteiger partial charge on any atom is 0.407 e. The minimum atomic E-state index is -3.42. The molecule has 0 aliphatic rings. The van der Waals surface area contributed by atoms with Crippen LogP contribution >= 0.6 is 7.60 Å². The Morgan fingerprint density at radius 1 is 1.11 bits per heavy atom. The van der Waals surface area contributed by atoms with E-state index < -0.39 is 31.1 Å². The molecule has 2 unspecified atom stereocenters. The molecule has 1 rings (SSSR count). The van der Waals surface area contributed by atoms with E-state index in [2.05, 4.69) is 10.6 Å². The van der Waals surface area contributed by atoms with Gasteiger partial charge in [-0.25, -0.2) is 9.59 Å². The SMILES string of the molecule is CCCOC(=O)NC(C)C(=O)Oc1cccc(C)c1C(C)(C)CC(=O)NCCCCCCOP(C)(=O)O. The second-order valence-corrected chi connectivity index (χ2v) is 11.7. The fraction of sp³-hybridized carbons (Fsp3) is 0.654. The highest BCUT2D eigenvalue weighted by Crippen LogP contribution is 2.37. The third kappa shape index (κ3) is 13.1. The summed E-state index contributed by atoms with van der Waals surface area (Å²) in [6.07, 6.45) is 3.35. The normalized spacial score (nSPS) is 13.8. The largest absolute Gasteiger partial charge is 0.450 e. The molecule has 0 radical (unpaired) electrons. The molecule has 0 heterocycles. The van der Waals surface area contributed by atoms with Gasteiger partial charge in [-0.1, -0.05) is 45.7 Å². The van der Waals surface area contributed by atoms with Crippen LogP contribution < -0.4 is 15.4 Å². The number of amides is 2. The van der Waals surface area contributed by atoms with E-state index >= 15 is 0 Å². The van der Waals surface area contributed by atoms with Crippen molar-refractivity contribution in [2.24, 2.45) is 0 Å². The highest BCUT2D eigenvalue weighted by Gasteiger charge is 2.31. The molecule has 37 heavy (non-hydrogen) atoms. The molecule has 2 amide bonds. The van der Waals surface area contributed by atoms with E-state index in [0.717, 1.165) is 30.4 Å². The quantitative estimate of drug-likeness (QED) is 0.119. The van der Waals surface area contributed by atoms with Gasteiger partial charge in [0.1, 0.15) is 11.8 Å². The van der Waals surface area contributed by atoms with Gasteiger partial charge in [0.15, 0.2) is 0 Å². The van der Waals surface area contributed by atoms with Crippen LogP contribution in [0, 0.1) is 6.92 Å². The summed E-state index contributed by atoms with van der Waals surface area (Å²) in [6, 6.07) is 4.44. The lowest BCUT2D eigenvalue weighted by atomic mass is 9.78. The molecule has 1 aromatic carbocycles. The molecule has 0 saturated heterocycles. The Labute approximate surface area is 220 Å². The minimum absolute atomic E-state index is 0.116. The van der Waals surface area contributed by atoms with Crippen molar-refractivity contribution in [2.75, 3.05) is 26.4 Å². The van der Waals surface area contributed by atoms with Gasteiger partial charge >= 0.3 is 19.7 Å². The molecular weight excluding hydrogens is 499 g/mol. The first-order valence-electron chi connectivity index (χ1n) is 12.7. The molecule has 210 valence electrons. The van der Waals surface area contributed by atoms with Gasteiger partial charge in [0.05, 0.1) is 13.2 Å². The number of nitrogens with one attached hydrogen (secondary N) is 2. The molecule has 11 heteroatoms. The van der Waals surface area contributed by atoms with Gasteiger partial charge in [-0.2, -0.15) is 0 Å². The van der Waals surface area contributed by atoms with Crippen molar-refractivity contribution in [3.63, 3.8) is 0 Å². The molecular formula is C26H43N2O8P. The van der Waals surface area contributed by atoms with E-state index in [4.69, 9.17) is 18.9 Å². The van der Waals surface area contributed by atoms with E-state index in [-0.39, 0.29) is 25.5 Å². The second-order valence-electron chi connectivity index (χ2n) is 9.83. The number of aryl methyl sites for hydroxylation is 1. The van der Waals surface area contributed by atoms with Gasteiger partial charge in [0.25, 0.3) is 0 Å². The van der Waals surface area contributed by atoms with E-state index in [1.807, 2.05) is 33.8 Å². The van der Waals surface area contributed by atoms with E-state index in [1.54, 1.807) is 12.1 Å². The molecule has 2 atom stereocenters. The van der Waals surface area contributed by atoms with Gasteiger partial charge in [-0.05, 0) is 44.7 Å². The predicted octanol–water partition coefficient (Wildman–Crippen LogP) is 4.60. The lowest BCUT2D eigenvalue weighted by molar-refractivity contribution is -0.136. The predicted molar refractivity (Wildman–Crippen MR) is 142 cm³/mol. The first-order chi connectivity index (χ1) is 17.3. The van der Waals surface area contributed by atoms with E-state index in [9.17, 15) is 18.9 Å². The smallest absolute Gasteiger partial charge is 0.407 e. The Bertz CT molecular complexity index is 945. The number of hydrogen-bond acceptors (Lipinski definition) is 7. The maximum atomic E-state index is 12.7. The maximum absolute atomic E-state index is 12.7. The zero-order valence-corrected chi connectivity index (χ0v) is 23.8. The summed E-state index contributed by atoms with van der Waals surface area (Å²) in [4.78, 5) is 46.2. The van der Waals surface area contributed by atoms with Crippen molar-refractivity contribution < 1.29 is 37.8 Å². The van der Waals surface area contributed by atoms with Crippen LogP contribution in [0.1, 0.15) is 77.3 Å². The minimum Gasteiger partial charge on any atom is -0.450 e. The molecule has 0 aliphatic heterocycles. The molecule has 0 fully saturated rings. The van der Waals surface area contributed by atoms with Crippen molar-refractivity contribution in [1.29, 1.82) is 0 Å². The van der Waals surface area contributed by atoms with Crippen molar-refractivity contribution >= 4 is 25.6 Å². The Hall–Kier alpha value is -2.42. The van der Waals surface area contributed by atoms with Crippen molar-refractivity contribution in [1.82, 2.24) is 10.6 Å². The van der Waals surface area contributed by atoms with Gasteiger partial charge < -0.3 is 29.5 Å². The van der Waals surface area contributed by atoms with Crippen LogP contribution in [-0.4, -0.2) is 55.3 Å². The highest BCUT2D eigenvalue weighted by molar-refractivity contribution is 7.51. The zero-order chi connectivity index (χ0) is 28.1. The van der Waals surface area contributed by atoms with Gasteiger partial charge in [-0.15, -0.1) is 0 Å². The Balaban J connectivity index is 2.64. The first-order valence-corrected chi connectivity index (χ1v) is 14.8. The number of ether oxygens (including phenoxy) is 2. The second kappa shape index (κ2) is 15.7. The molecule has 0 aliphatic carbocycles. The van der Waals surface area contributed by atoms with Crippen molar-refractivity contribution in [2.45, 2.75) is 84.6 Å². The van der Waals surface area contributed by atoms with Crippen LogP contribution in [0.3, 0.4) is 0 Å². The molecule has 10 nitrogen and oxygen atoms in total. The summed E-state index contributed by atoms with van der Waals surface area (Å²) in [5, 5.41) is 5.40. The number of unbranched alkanes of at least 4 members (excludes halogenated alkanes) is 3. The summed E-state index contributed by atoms with van der Waals surface area (Å²) in [5.74, 6) is -0.401. The Morgan fingerprint density at radius 3 is 2.43 bits per heavy atom. The van der Waals surface area contributed by atoms with Gasteiger partial charge in [0.2, 0.25) is 5.91 Å². The van der Waals surface area contributed by atoms with E-state index in [0.29, 0.717) is 25.1 Å². The molecule has 0 aromatic heterocycles. The first kappa shape index (κ1) is 32.6. The monoisotopic (exact) mass is 542 g/mol. The number of hydrogen-bond donors (Lipinski definition) is 3. The zero-order valence-electron chi connectivity index (χ0n) is 22.9. The summed E-state index contributed by atoms with van der Waals surface area (Å²) >= 11 is 0. The molecule has 0 spiro atoms. The highest BCUT2D eigenvalue weighted by atomic mass is 31.2. The summed E-state index contributed by atoms with van der Waals surface area (Å²) in [6.45, 7) is 11.3. The Kier molecular flexibility index (Phi) is 13.9. The summed E-state index contributed by atoms with van der Waals surface area (Å²) in [7, 11) is -3.42. The van der Waals surface area contributed by atoms with Crippen LogP contribution in [0.5, 0.6) is 5.75 Å². The fourth-order valence-electron chi connectivity index (χ4n) is 3.86. The van der Waals surface area contributed by atoms with Crippen LogP contribution in [0.2, 0.25) is 0 Å². The van der Waals surface area contributed by atoms with Crippen molar-refractivity contribution in [3.8, 4) is 5.75 Å². The third-order valence-electron chi connectivity index (χ3n) is 5.57. The molecule has 0 saturated carbocycles. The summed E-state index contributed by atoms with van der Waals surface area (Å²) in [5.41, 5.74) is 1.00. The topological polar surface area (TPSA) is 140 Å². The average Bonchev–Trinajstić information content (AvgIpc) is 2.78.